The van der Waals surface area contributed by atoms with Gasteiger partial charge < -0.3 is 25.3 Å². The van der Waals surface area contributed by atoms with Crippen molar-refractivity contribution in [2.45, 2.75) is 52.0 Å². The minimum Gasteiger partial charge on any atom is -0.496 e. The third-order valence-electron chi connectivity index (χ3n) is 4.04. The molecule has 0 aliphatic heterocycles. The zero-order chi connectivity index (χ0) is 18.5. The lowest BCUT2D eigenvalue weighted by Gasteiger charge is -2.13. The highest BCUT2D eigenvalue weighted by Gasteiger charge is 2.11. The van der Waals surface area contributed by atoms with Gasteiger partial charge in [0.2, 0.25) is 0 Å². The standard InChI is InChI=1S/C19H33N3O3/c1-5-6-7-8-9-10-11-21-19(20)22-14-15-12-17(24-3)18(25-4)13-16(15)23-2/h12-13H,5-11,14H2,1-4H3,(H3,20,21,22). The Morgan fingerprint density at radius 1 is 0.920 bits per heavy atom. The van der Waals surface area contributed by atoms with Crippen LogP contribution in [0.15, 0.2) is 17.1 Å². The van der Waals surface area contributed by atoms with E-state index in [0.29, 0.717) is 29.8 Å². The number of methoxy groups -OCH3 is 3. The molecule has 0 atom stereocenters. The number of nitrogens with two attached hydrogens (primary N) is 1. The Bertz CT molecular complexity index is 533. The predicted octanol–water partition coefficient (Wildman–Crippen LogP) is 3.48. The number of nitrogens with zero attached hydrogens (tertiary/aromatic N) is 1. The van der Waals surface area contributed by atoms with Crippen LogP contribution >= 0.6 is 0 Å². The lowest BCUT2D eigenvalue weighted by atomic mass is 10.1. The summed E-state index contributed by atoms with van der Waals surface area (Å²) in [6.07, 6.45) is 7.54. The highest BCUT2D eigenvalue weighted by molar-refractivity contribution is 5.77. The molecule has 0 saturated heterocycles. The van der Waals surface area contributed by atoms with Gasteiger partial charge >= 0.3 is 0 Å². The van der Waals surface area contributed by atoms with Crippen molar-refractivity contribution in [1.29, 1.82) is 0 Å². The Hall–Kier alpha value is -2.11. The second-order valence-corrected chi connectivity index (χ2v) is 5.92. The summed E-state index contributed by atoms with van der Waals surface area (Å²) in [7, 11) is 4.82. The zero-order valence-electron chi connectivity index (χ0n) is 16.1. The fraction of sp³-hybridized carbons (Fsp3) is 0.632. The third-order valence-corrected chi connectivity index (χ3v) is 4.04. The molecule has 0 unspecified atom stereocenters. The summed E-state index contributed by atoms with van der Waals surface area (Å²) in [5.74, 6) is 2.42. The molecule has 6 heteroatoms. The molecule has 0 aromatic heterocycles. The number of rotatable bonds is 12. The molecule has 0 saturated carbocycles. The van der Waals surface area contributed by atoms with Crippen LogP contribution in [0, 0.1) is 0 Å². The van der Waals surface area contributed by atoms with Crippen molar-refractivity contribution < 1.29 is 14.2 Å². The first kappa shape index (κ1) is 20.9. The second kappa shape index (κ2) is 12.3. The Labute approximate surface area is 151 Å². The summed E-state index contributed by atoms with van der Waals surface area (Å²) in [5, 5.41) is 3.16. The molecule has 0 spiro atoms. The van der Waals surface area contributed by atoms with E-state index in [2.05, 4.69) is 17.2 Å². The van der Waals surface area contributed by atoms with Crippen molar-refractivity contribution in [1.82, 2.24) is 5.32 Å². The number of benzene rings is 1. The van der Waals surface area contributed by atoms with E-state index >= 15 is 0 Å². The Balaban J connectivity index is 2.50. The van der Waals surface area contributed by atoms with Gasteiger partial charge in [-0.05, 0) is 12.5 Å². The Morgan fingerprint density at radius 2 is 1.52 bits per heavy atom. The van der Waals surface area contributed by atoms with Crippen LogP contribution < -0.4 is 25.3 Å². The fourth-order valence-corrected chi connectivity index (χ4v) is 2.56. The van der Waals surface area contributed by atoms with Crippen LogP contribution in [0.2, 0.25) is 0 Å². The number of nitrogens with one attached hydrogen (secondary N) is 1. The maximum Gasteiger partial charge on any atom is 0.188 e. The fourth-order valence-electron chi connectivity index (χ4n) is 2.56. The van der Waals surface area contributed by atoms with Gasteiger partial charge in [0.15, 0.2) is 17.5 Å². The molecule has 0 aliphatic rings. The SMILES string of the molecule is CCCCCCCCNC(N)=NCc1cc(OC)c(OC)cc1OC. The number of guanidine groups is 1. The van der Waals surface area contributed by atoms with E-state index < -0.39 is 0 Å². The monoisotopic (exact) mass is 351 g/mol. The first-order valence-corrected chi connectivity index (χ1v) is 8.98. The predicted molar refractivity (Wildman–Crippen MR) is 103 cm³/mol. The highest BCUT2D eigenvalue weighted by atomic mass is 16.5. The van der Waals surface area contributed by atoms with E-state index in [1.807, 2.05) is 6.07 Å². The van der Waals surface area contributed by atoms with Crippen molar-refractivity contribution in [3.8, 4) is 17.2 Å². The van der Waals surface area contributed by atoms with Crippen molar-refractivity contribution in [2.75, 3.05) is 27.9 Å². The van der Waals surface area contributed by atoms with Gasteiger partial charge in [-0.3, -0.25) is 0 Å². The molecule has 1 aromatic rings. The van der Waals surface area contributed by atoms with Crippen LogP contribution in [0.4, 0.5) is 0 Å². The molecule has 1 aromatic carbocycles. The van der Waals surface area contributed by atoms with Gasteiger partial charge in [0.25, 0.3) is 0 Å². The molecule has 0 radical (unpaired) electrons. The van der Waals surface area contributed by atoms with Crippen LogP contribution in [0.5, 0.6) is 17.2 Å². The molecule has 0 bridgehead atoms. The highest BCUT2D eigenvalue weighted by Crippen LogP contribution is 2.34. The molecule has 0 heterocycles. The van der Waals surface area contributed by atoms with Crippen molar-refractivity contribution in [2.24, 2.45) is 10.7 Å². The van der Waals surface area contributed by atoms with E-state index in [1.54, 1.807) is 27.4 Å². The summed E-state index contributed by atoms with van der Waals surface area (Å²) in [6.45, 7) is 3.50. The summed E-state index contributed by atoms with van der Waals surface area (Å²) in [5.41, 5.74) is 6.84. The quantitative estimate of drug-likeness (QED) is 0.342. The molecule has 25 heavy (non-hydrogen) atoms. The molecule has 142 valence electrons. The topological polar surface area (TPSA) is 78.1 Å². The van der Waals surface area contributed by atoms with Gasteiger partial charge in [0.05, 0.1) is 27.9 Å². The van der Waals surface area contributed by atoms with E-state index in [4.69, 9.17) is 19.9 Å². The van der Waals surface area contributed by atoms with Gasteiger partial charge in [0, 0.05) is 18.2 Å². The number of hydrogen-bond donors (Lipinski definition) is 2. The lowest BCUT2D eigenvalue weighted by molar-refractivity contribution is 0.347. The van der Waals surface area contributed by atoms with E-state index in [-0.39, 0.29) is 0 Å². The summed E-state index contributed by atoms with van der Waals surface area (Å²) >= 11 is 0. The summed E-state index contributed by atoms with van der Waals surface area (Å²) in [4.78, 5) is 4.39. The average Bonchev–Trinajstić information content (AvgIpc) is 2.64. The van der Waals surface area contributed by atoms with Crippen LogP contribution in [0.3, 0.4) is 0 Å². The number of hydrogen-bond acceptors (Lipinski definition) is 4. The van der Waals surface area contributed by atoms with Gasteiger partial charge in [-0.1, -0.05) is 39.0 Å². The van der Waals surface area contributed by atoms with E-state index in [1.165, 1.54) is 32.1 Å². The first-order chi connectivity index (χ1) is 12.2. The molecule has 3 N–H and O–H groups in total. The van der Waals surface area contributed by atoms with E-state index in [0.717, 1.165) is 18.5 Å². The molecule has 0 fully saturated rings. The normalized spacial score (nSPS) is 11.3. The van der Waals surface area contributed by atoms with Crippen LogP contribution in [-0.4, -0.2) is 33.8 Å². The molecular formula is C19H33N3O3. The van der Waals surface area contributed by atoms with E-state index in [9.17, 15) is 0 Å². The molecule has 6 nitrogen and oxygen atoms in total. The van der Waals surface area contributed by atoms with Gasteiger partial charge in [-0.2, -0.15) is 0 Å². The summed E-state index contributed by atoms with van der Waals surface area (Å²) < 4.78 is 16.0. The van der Waals surface area contributed by atoms with Crippen LogP contribution in [0.1, 0.15) is 51.0 Å². The van der Waals surface area contributed by atoms with Crippen molar-refractivity contribution in [3.05, 3.63) is 17.7 Å². The summed E-state index contributed by atoms with van der Waals surface area (Å²) in [6, 6.07) is 3.66. The Morgan fingerprint density at radius 3 is 2.16 bits per heavy atom. The molecule has 1 rings (SSSR count). The Kier molecular flexibility index (Phi) is 10.3. The number of unbranched alkanes of at least 4 members (excludes halogenated alkanes) is 5. The number of aliphatic imine (C=N–C) groups is 1. The minimum absolute atomic E-state index is 0.416. The van der Waals surface area contributed by atoms with Gasteiger partial charge in [-0.25, -0.2) is 4.99 Å². The first-order valence-electron chi connectivity index (χ1n) is 8.98. The minimum atomic E-state index is 0.416. The molecule has 0 aliphatic carbocycles. The molecule has 0 amide bonds. The average molecular weight is 351 g/mol. The largest absolute Gasteiger partial charge is 0.496 e. The second-order valence-electron chi connectivity index (χ2n) is 5.92. The van der Waals surface area contributed by atoms with Crippen LogP contribution in [0.25, 0.3) is 0 Å². The smallest absolute Gasteiger partial charge is 0.188 e. The zero-order valence-corrected chi connectivity index (χ0v) is 16.1. The molecular weight excluding hydrogens is 318 g/mol. The van der Waals surface area contributed by atoms with Crippen molar-refractivity contribution >= 4 is 5.96 Å². The van der Waals surface area contributed by atoms with Gasteiger partial charge in [0.1, 0.15) is 5.75 Å². The lowest BCUT2D eigenvalue weighted by Crippen LogP contribution is -2.32. The van der Waals surface area contributed by atoms with Crippen LogP contribution in [-0.2, 0) is 6.54 Å². The maximum atomic E-state index is 5.94. The van der Waals surface area contributed by atoms with Crippen molar-refractivity contribution in [3.63, 3.8) is 0 Å². The third kappa shape index (κ3) is 7.54. The number of ether oxygens (including phenoxy) is 3. The van der Waals surface area contributed by atoms with Gasteiger partial charge in [-0.15, -0.1) is 0 Å². The maximum absolute atomic E-state index is 5.94.